The zero-order valence-corrected chi connectivity index (χ0v) is 12.1. The molecule has 0 fully saturated rings. The lowest BCUT2D eigenvalue weighted by Gasteiger charge is -2.10. The van der Waals surface area contributed by atoms with Crippen LogP contribution in [0.2, 0.25) is 0 Å². The van der Waals surface area contributed by atoms with Crippen LogP contribution in [0.4, 0.5) is 5.69 Å². The fourth-order valence-electron chi connectivity index (χ4n) is 1.75. The molecule has 6 heteroatoms. The average Bonchev–Trinajstić information content (AvgIpc) is 2.99. The van der Waals surface area contributed by atoms with Crippen LogP contribution >= 0.6 is 0 Å². The highest BCUT2D eigenvalue weighted by Crippen LogP contribution is 2.20. The zero-order valence-electron chi connectivity index (χ0n) is 12.1. The van der Waals surface area contributed by atoms with Crippen LogP contribution in [0.15, 0.2) is 41.8 Å². The Morgan fingerprint density at radius 1 is 1.48 bits per heavy atom. The molecule has 0 saturated heterocycles. The van der Waals surface area contributed by atoms with E-state index < -0.39 is 0 Å². The second-order valence-electron chi connectivity index (χ2n) is 4.99. The molecule has 0 aliphatic heterocycles. The lowest BCUT2D eigenvalue weighted by molar-refractivity contribution is 0.664. The SMILES string of the molecule is CC(C)CN=C(NC#N)Nc1cccc(-c2cnc[nH]2)c1. The molecule has 0 saturated carbocycles. The molecule has 6 nitrogen and oxygen atoms in total. The summed E-state index contributed by atoms with van der Waals surface area (Å²) in [6.07, 6.45) is 5.30. The Labute approximate surface area is 123 Å². The van der Waals surface area contributed by atoms with Crippen molar-refractivity contribution in [3.05, 3.63) is 36.8 Å². The molecular formula is C15H18N6. The van der Waals surface area contributed by atoms with Gasteiger partial charge in [0, 0.05) is 17.8 Å². The number of hydrogen-bond donors (Lipinski definition) is 3. The van der Waals surface area contributed by atoms with Crippen molar-refractivity contribution in [2.45, 2.75) is 13.8 Å². The van der Waals surface area contributed by atoms with Gasteiger partial charge in [0.05, 0.1) is 18.2 Å². The minimum absolute atomic E-state index is 0.429. The highest BCUT2D eigenvalue weighted by molar-refractivity contribution is 5.95. The molecule has 0 amide bonds. The number of aromatic nitrogens is 2. The maximum Gasteiger partial charge on any atom is 0.209 e. The van der Waals surface area contributed by atoms with Gasteiger partial charge in [-0.3, -0.25) is 10.3 Å². The number of H-pyrrole nitrogens is 1. The molecule has 0 aliphatic carbocycles. The molecule has 2 aromatic rings. The molecule has 0 unspecified atom stereocenters. The van der Waals surface area contributed by atoms with E-state index in [-0.39, 0.29) is 0 Å². The largest absolute Gasteiger partial charge is 0.345 e. The van der Waals surface area contributed by atoms with Gasteiger partial charge >= 0.3 is 0 Å². The van der Waals surface area contributed by atoms with Gasteiger partial charge in [-0.1, -0.05) is 26.0 Å². The summed E-state index contributed by atoms with van der Waals surface area (Å²) in [6.45, 7) is 4.80. The molecule has 21 heavy (non-hydrogen) atoms. The van der Waals surface area contributed by atoms with Crippen molar-refractivity contribution in [2.75, 3.05) is 11.9 Å². The molecule has 1 aromatic heterocycles. The summed E-state index contributed by atoms with van der Waals surface area (Å²) < 4.78 is 0. The number of aromatic amines is 1. The van der Waals surface area contributed by atoms with Crippen LogP contribution in [0, 0.1) is 17.4 Å². The summed E-state index contributed by atoms with van der Waals surface area (Å²) in [7, 11) is 0. The molecule has 2 rings (SSSR count). The van der Waals surface area contributed by atoms with E-state index in [0.29, 0.717) is 18.4 Å². The van der Waals surface area contributed by atoms with E-state index in [9.17, 15) is 0 Å². The molecule has 0 atom stereocenters. The number of aliphatic imine (C=N–C) groups is 1. The molecule has 0 spiro atoms. The van der Waals surface area contributed by atoms with Crippen molar-refractivity contribution in [1.82, 2.24) is 15.3 Å². The Morgan fingerprint density at radius 2 is 2.33 bits per heavy atom. The van der Waals surface area contributed by atoms with Gasteiger partial charge in [-0.2, -0.15) is 5.26 Å². The molecule has 0 bridgehead atoms. The Morgan fingerprint density at radius 3 is 3.00 bits per heavy atom. The van der Waals surface area contributed by atoms with Crippen molar-refractivity contribution < 1.29 is 0 Å². The van der Waals surface area contributed by atoms with Crippen molar-refractivity contribution in [3.8, 4) is 17.5 Å². The first-order valence-corrected chi connectivity index (χ1v) is 6.74. The third-order valence-corrected chi connectivity index (χ3v) is 2.72. The second kappa shape index (κ2) is 7.10. The highest BCUT2D eigenvalue weighted by atomic mass is 15.2. The summed E-state index contributed by atoms with van der Waals surface area (Å²) in [5.41, 5.74) is 2.80. The molecule has 108 valence electrons. The van der Waals surface area contributed by atoms with Gasteiger partial charge in [0.2, 0.25) is 5.96 Å². The van der Waals surface area contributed by atoms with E-state index in [1.807, 2.05) is 30.5 Å². The number of benzene rings is 1. The van der Waals surface area contributed by atoms with Gasteiger partial charge in [0.25, 0.3) is 0 Å². The Hall–Kier alpha value is -2.81. The number of hydrogen-bond acceptors (Lipinski definition) is 3. The monoisotopic (exact) mass is 282 g/mol. The molecule has 0 radical (unpaired) electrons. The van der Waals surface area contributed by atoms with E-state index >= 15 is 0 Å². The molecular weight excluding hydrogens is 264 g/mol. The normalized spacial score (nSPS) is 11.2. The van der Waals surface area contributed by atoms with Crippen molar-refractivity contribution >= 4 is 11.6 Å². The molecule has 0 aliphatic rings. The second-order valence-corrected chi connectivity index (χ2v) is 4.99. The van der Waals surface area contributed by atoms with Crippen LogP contribution in [-0.4, -0.2) is 22.5 Å². The topological polar surface area (TPSA) is 88.9 Å². The third-order valence-electron chi connectivity index (χ3n) is 2.72. The van der Waals surface area contributed by atoms with Crippen LogP contribution in [0.1, 0.15) is 13.8 Å². The number of rotatable bonds is 4. The van der Waals surface area contributed by atoms with Crippen LogP contribution in [-0.2, 0) is 0 Å². The fraction of sp³-hybridized carbons (Fsp3) is 0.267. The molecule has 3 N–H and O–H groups in total. The minimum Gasteiger partial charge on any atom is -0.345 e. The number of nitrogens with one attached hydrogen (secondary N) is 3. The van der Waals surface area contributed by atoms with Gasteiger partial charge < -0.3 is 10.3 Å². The third kappa shape index (κ3) is 4.35. The van der Waals surface area contributed by atoms with E-state index in [4.69, 9.17) is 5.26 Å². The first-order valence-electron chi connectivity index (χ1n) is 6.74. The summed E-state index contributed by atoms with van der Waals surface area (Å²) in [5.74, 6) is 0.881. The van der Waals surface area contributed by atoms with Gasteiger partial charge in [-0.15, -0.1) is 0 Å². The van der Waals surface area contributed by atoms with Crippen LogP contribution in [0.25, 0.3) is 11.3 Å². The fourth-order valence-corrected chi connectivity index (χ4v) is 1.75. The number of guanidine groups is 1. The van der Waals surface area contributed by atoms with Gasteiger partial charge in [-0.05, 0) is 18.1 Å². The van der Waals surface area contributed by atoms with E-state index in [1.54, 1.807) is 12.5 Å². The standard InChI is InChI=1S/C15H18N6/c1-11(2)7-18-15(19-9-16)21-13-5-3-4-12(6-13)14-8-17-10-20-14/h3-6,8,10-11H,7H2,1-2H3,(H,17,20)(H2,18,19,21). The van der Waals surface area contributed by atoms with Crippen LogP contribution in [0.3, 0.4) is 0 Å². The lowest BCUT2D eigenvalue weighted by atomic mass is 10.1. The summed E-state index contributed by atoms with van der Waals surface area (Å²) >= 11 is 0. The number of imidazole rings is 1. The lowest BCUT2D eigenvalue weighted by Crippen LogP contribution is -2.27. The van der Waals surface area contributed by atoms with Crippen molar-refractivity contribution in [1.29, 1.82) is 5.26 Å². The molecule has 1 aromatic carbocycles. The predicted molar refractivity (Wildman–Crippen MR) is 83.5 cm³/mol. The van der Waals surface area contributed by atoms with E-state index in [2.05, 4.69) is 39.4 Å². The van der Waals surface area contributed by atoms with Crippen molar-refractivity contribution in [3.63, 3.8) is 0 Å². The predicted octanol–water partition coefficient (Wildman–Crippen LogP) is 2.57. The van der Waals surface area contributed by atoms with Crippen molar-refractivity contribution in [2.24, 2.45) is 10.9 Å². The zero-order chi connectivity index (χ0) is 15.1. The average molecular weight is 282 g/mol. The maximum atomic E-state index is 8.79. The summed E-state index contributed by atoms with van der Waals surface area (Å²) in [6, 6.07) is 7.81. The molecule has 1 heterocycles. The van der Waals surface area contributed by atoms with Gasteiger partial charge in [-0.25, -0.2) is 4.98 Å². The first-order chi connectivity index (χ1) is 10.2. The summed E-state index contributed by atoms with van der Waals surface area (Å²) in [4.78, 5) is 11.4. The van der Waals surface area contributed by atoms with Gasteiger partial charge in [0.1, 0.15) is 0 Å². The van der Waals surface area contributed by atoms with E-state index in [0.717, 1.165) is 16.9 Å². The quantitative estimate of drug-likeness (QED) is 0.348. The van der Waals surface area contributed by atoms with Crippen LogP contribution in [0.5, 0.6) is 0 Å². The maximum absolute atomic E-state index is 8.79. The Balaban J connectivity index is 2.16. The highest BCUT2D eigenvalue weighted by Gasteiger charge is 2.03. The smallest absolute Gasteiger partial charge is 0.209 e. The number of anilines is 1. The summed E-state index contributed by atoms with van der Waals surface area (Å²) in [5, 5.41) is 14.5. The number of nitriles is 1. The minimum atomic E-state index is 0.429. The first kappa shape index (κ1) is 14.6. The van der Waals surface area contributed by atoms with E-state index in [1.165, 1.54) is 0 Å². The van der Waals surface area contributed by atoms with Gasteiger partial charge in [0.15, 0.2) is 6.19 Å². The number of nitrogens with zero attached hydrogens (tertiary/aromatic N) is 3. The van der Waals surface area contributed by atoms with Crippen LogP contribution < -0.4 is 10.6 Å². The Bertz CT molecular complexity index is 636. The Kier molecular flexibility index (Phi) is 4.94.